The lowest BCUT2D eigenvalue weighted by Crippen LogP contribution is -1.96. The summed E-state index contributed by atoms with van der Waals surface area (Å²) in [4.78, 5) is 0. The fourth-order valence-corrected chi connectivity index (χ4v) is 2.72. The number of hydrogen-bond donors (Lipinski definition) is 1. The van der Waals surface area contributed by atoms with Crippen LogP contribution in [-0.4, -0.2) is 39.9 Å². The lowest BCUT2D eigenvalue weighted by molar-refractivity contribution is 0.322. The number of halogens is 1. The molecule has 2 aromatic carbocycles. The Bertz CT molecular complexity index is 833. The Morgan fingerprint density at radius 1 is 0.808 bits per heavy atom. The van der Waals surface area contributed by atoms with Gasteiger partial charge in [0, 0.05) is 5.57 Å². The minimum absolute atomic E-state index is 0.371. The average molecular weight is 378 g/mol. The zero-order chi connectivity index (χ0) is 19.1. The largest absolute Gasteiger partial charge is 0.493 e. The molecule has 2 rings (SSSR count). The third kappa shape index (κ3) is 4.03. The Balaban J connectivity index is 2.61. The molecule has 0 spiro atoms. The molecule has 7 heteroatoms. The lowest BCUT2D eigenvalue weighted by Gasteiger charge is -2.13. The number of ether oxygens (including phenoxy) is 4. The third-order valence-electron chi connectivity index (χ3n) is 3.75. The molecule has 0 radical (unpaired) electrons. The SMILES string of the molecule is COc1ccc(/C(Cl)=C(/C=N/O)c2ccc(OC)c(OC)c2)cc1OC. The molecule has 0 unspecified atom stereocenters. The maximum atomic E-state index is 9.08. The topological polar surface area (TPSA) is 69.5 Å². The molecule has 0 aliphatic carbocycles. The van der Waals surface area contributed by atoms with Crippen molar-refractivity contribution in [2.45, 2.75) is 0 Å². The fourth-order valence-electron chi connectivity index (χ4n) is 2.45. The van der Waals surface area contributed by atoms with Crippen LogP contribution in [-0.2, 0) is 0 Å². The van der Waals surface area contributed by atoms with E-state index in [1.807, 2.05) is 0 Å². The van der Waals surface area contributed by atoms with Gasteiger partial charge in [-0.05, 0) is 41.5 Å². The predicted molar refractivity (Wildman–Crippen MR) is 102 cm³/mol. The van der Waals surface area contributed by atoms with Crippen LogP contribution in [0.1, 0.15) is 11.1 Å². The lowest BCUT2D eigenvalue weighted by atomic mass is 10.0. The molecule has 0 saturated carbocycles. The molecule has 0 fully saturated rings. The first-order chi connectivity index (χ1) is 12.6. The summed E-state index contributed by atoms with van der Waals surface area (Å²) in [5, 5.41) is 12.6. The number of nitrogens with zero attached hydrogens (tertiary/aromatic N) is 1. The first-order valence-electron chi connectivity index (χ1n) is 7.61. The van der Waals surface area contributed by atoms with Crippen LogP contribution in [0.3, 0.4) is 0 Å². The van der Waals surface area contributed by atoms with E-state index >= 15 is 0 Å². The van der Waals surface area contributed by atoms with E-state index in [0.29, 0.717) is 44.7 Å². The summed E-state index contributed by atoms with van der Waals surface area (Å²) in [5.41, 5.74) is 1.87. The van der Waals surface area contributed by atoms with Gasteiger partial charge in [0.2, 0.25) is 0 Å². The number of allylic oxidation sites excluding steroid dienone is 1. The van der Waals surface area contributed by atoms with Crippen molar-refractivity contribution in [2.75, 3.05) is 28.4 Å². The minimum atomic E-state index is 0.371. The second kappa shape index (κ2) is 9.01. The smallest absolute Gasteiger partial charge is 0.161 e. The Kier molecular flexibility index (Phi) is 6.74. The number of oxime groups is 1. The van der Waals surface area contributed by atoms with Gasteiger partial charge in [-0.15, -0.1) is 0 Å². The third-order valence-corrected chi connectivity index (χ3v) is 4.18. The van der Waals surface area contributed by atoms with Crippen molar-refractivity contribution in [3.63, 3.8) is 0 Å². The molecular formula is C19H20ClNO5. The van der Waals surface area contributed by atoms with E-state index in [2.05, 4.69) is 5.16 Å². The van der Waals surface area contributed by atoms with Gasteiger partial charge >= 0.3 is 0 Å². The van der Waals surface area contributed by atoms with Crippen LogP contribution < -0.4 is 18.9 Å². The van der Waals surface area contributed by atoms with E-state index in [1.54, 1.807) is 64.8 Å². The molecule has 26 heavy (non-hydrogen) atoms. The second-order valence-electron chi connectivity index (χ2n) is 5.11. The van der Waals surface area contributed by atoms with Gasteiger partial charge in [0.05, 0.1) is 39.7 Å². The molecular weight excluding hydrogens is 358 g/mol. The maximum Gasteiger partial charge on any atom is 0.161 e. The van der Waals surface area contributed by atoms with Crippen molar-refractivity contribution >= 4 is 28.4 Å². The summed E-state index contributed by atoms with van der Waals surface area (Å²) in [6, 6.07) is 10.6. The summed E-state index contributed by atoms with van der Waals surface area (Å²) < 4.78 is 21.1. The Morgan fingerprint density at radius 2 is 1.27 bits per heavy atom. The maximum absolute atomic E-state index is 9.08. The van der Waals surface area contributed by atoms with E-state index in [1.165, 1.54) is 6.21 Å². The van der Waals surface area contributed by atoms with Crippen molar-refractivity contribution in [2.24, 2.45) is 5.16 Å². The van der Waals surface area contributed by atoms with Gasteiger partial charge in [-0.1, -0.05) is 22.8 Å². The number of rotatable bonds is 7. The van der Waals surface area contributed by atoms with Crippen molar-refractivity contribution in [3.8, 4) is 23.0 Å². The molecule has 0 saturated heterocycles. The van der Waals surface area contributed by atoms with Crippen LogP contribution in [0.25, 0.3) is 10.6 Å². The average Bonchev–Trinajstić information content (AvgIpc) is 2.70. The van der Waals surface area contributed by atoms with Crippen LogP contribution in [0.2, 0.25) is 0 Å². The quantitative estimate of drug-likeness (QED) is 0.337. The zero-order valence-corrected chi connectivity index (χ0v) is 15.7. The summed E-state index contributed by atoms with van der Waals surface area (Å²) >= 11 is 6.59. The highest BCUT2D eigenvalue weighted by Crippen LogP contribution is 2.37. The van der Waals surface area contributed by atoms with Crippen LogP contribution >= 0.6 is 11.6 Å². The first-order valence-corrected chi connectivity index (χ1v) is 7.99. The van der Waals surface area contributed by atoms with Crippen LogP contribution in [0.4, 0.5) is 0 Å². The van der Waals surface area contributed by atoms with Gasteiger partial charge in [0.1, 0.15) is 0 Å². The molecule has 0 aliphatic rings. The van der Waals surface area contributed by atoms with E-state index in [4.69, 9.17) is 35.8 Å². The van der Waals surface area contributed by atoms with Crippen molar-refractivity contribution in [3.05, 3.63) is 47.5 Å². The van der Waals surface area contributed by atoms with Crippen LogP contribution in [0.5, 0.6) is 23.0 Å². The predicted octanol–water partition coefficient (Wildman–Crippen LogP) is 4.29. The van der Waals surface area contributed by atoms with Crippen LogP contribution in [0, 0.1) is 0 Å². The first kappa shape index (κ1) is 19.5. The molecule has 0 aliphatic heterocycles. The Hall–Kier alpha value is -2.86. The molecule has 138 valence electrons. The minimum Gasteiger partial charge on any atom is -0.493 e. The highest BCUT2D eigenvalue weighted by atomic mass is 35.5. The summed E-state index contributed by atoms with van der Waals surface area (Å²) in [5.74, 6) is 2.24. The normalized spacial score (nSPS) is 11.9. The van der Waals surface area contributed by atoms with E-state index in [0.717, 1.165) is 0 Å². The highest BCUT2D eigenvalue weighted by molar-refractivity contribution is 6.56. The van der Waals surface area contributed by atoms with Crippen molar-refractivity contribution in [1.82, 2.24) is 0 Å². The van der Waals surface area contributed by atoms with E-state index < -0.39 is 0 Å². The summed E-state index contributed by atoms with van der Waals surface area (Å²) in [6.45, 7) is 0. The number of hydrogen-bond acceptors (Lipinski definition) is 6. The molecule has 0 bridgehead atoms. The second-order valence-corrected chi connectivity index (χ2v) is 5.49. The van der Waals surface area contributed by atoms with Gasteiger partial charge in [0.25, 0.3) is 0 Å². The molecule has 0 heterocycles. The highest BCUT2D eigenvalue weighted by Gasteiger charge is 2.14. The zero-order valence-electron chi connectivity index (χ0n) is 14.9. The van der Waals surface area contributed by atoms with E-state index in [9.17, 15) is 0 Å². The number of methoxy groups -OCH3 is 4. The monoisotopic (exact) mass is 377 g/mol. The van der Waals surface area contributed by atoms with Gasteiger partial charge in [0.15, 0.2) is 23.0 Å². The molecule has 0 amide bonds. The molecule has 6 nitrogen and oxygen atoms in total. The van der Waals surface area contributed by atoms with Gasteiger partial charge in [-0.25, -0.2) is 0 Å². The Labute approximate surface area is 157 Å². The molecule has 0 aromatic heterocycles. The van der Waals surface area contributed by atoms with Crippen molar-refractivity contribution < 1.29 is 24.2 Å². The fraction of sp³-hybridized carbons (Fsp3) is 0.211. The van der Waals surface area contributed by atoms with Gasteiger partial charge in [-0.2, -0.15) is 0 Å². The van der Waals surface area contributed by atoms with Gasteiger partial charge < -0.3 is 24.2 Å². The summed E-state index contributed by atoms with van der Waals surface area (Å²) in [7, 11) is 6.20. The van der Waals surface area contributed by atoms with Crippen molar-refractivity contribution in [1.29, 1.82) is 0 Å². The standard InChI is InChI=1S/C19H20ClNO5/c1-23-15-7-5-12(9-17(15)25-3)14(11-21-22)19(20)13-6-8-16(24-2)18(10-13)26-4/h5-11,22H,1-4H3/b19-14+,21-11+. The summed E-state index contributed by atoms with van der Waals surface area (Å²) in [6.07, 6.45) is 1.26. The molecule has 1 N–H and O–H groups in total. The van der Waals surface area contributed by atoms with Gasteiger partial charge in [-0.3, -0.25) is 0 Å². The molecule has 2 aromatic rings. The molecule has 0 atom stereocenters. The number of benzene rings is 2. The van der Waals surface area contributed by atoms with Crippen LogP contribution in [0.15, 0.2) is 41.6 Å². The Morgan fingerprint density at radius 3 is 1.73 bits per heavy atom. The van der Waals surface area contributed by atoms with E-state index in [-0.39, 0.29) is 0 Å².